The van der Waals surface area contributed by atoms with Gasteiger partial charge in [0.1, 0.15) is 0 Å². The summed E-state index contributed by atoms with van der Waals surface area (Å²) in [6.45, 7) is 2.26. The zero-order valence-corrected chi connectivity index (χ0v) is 13.1. The molecule has 19 heavy (non-hydrogen) atoms. The Morgan fingerprint density at radius 2 is 1.32 bits per heavy atom. The summed E-state index contributed by atoms with van der Waals surface area (Å²) >= 11 is 3.47. The summed E-state index contributed by atoms with van der Waals surface area (Å²) in [6.07, 6.45) is 6.54. The molecule has 0 saturated carbocycles. The van der Waals surface area contributed by atoms with Crippen LogP contribution >= 0.6 is 15.9 Å². The molecule has 1 heteroatoms. The van der Waals surface area contributed by atoms with E-state index in [9.17, 15) is 0 Å². The molecular formula is C18H21Br. The summed E-state index contributed by atoms with van der Waals surface area (Å²) in [5, 5.41) is 0. The predicted molar refractivity (Wildman–Crippen MR) is 87.4 cm³/mol. The summed E-state index contributed by atoms with van der Waals surface area (Å²) in [5.74, 6) is 0. The highest BCUT2D eigenvalue weighted by Gasteiger charge is 1.98. The van der Waals surface area contributed by atoms with Crippen molar-refractivity contribution in [1.82, 2.24) is 0 Å². The van der Waals surface area contributed by atoms with Crippen LogP contribution in [0.5, 0.6) is 0 Å². The van der Waals surface area contributed by atoms with Gasteiger partial charge in [0.15, 0.2) is 0 Å². The van der Waals surface area contributed by atoms with Gasteiger partial charge in [-0.25, -0.2) is 0 Å². The van der Waals surface area contributed by atoms with E-state index in [0.717, 1.165) is 4.47 Å². The van der Waals surface area contributed by atoms with Gasteiger partial charge in [-0.3, -0.25) is 0 Å². The number of rotatable bonds is 6. The third-order valence-corrected chi connectivity index (χ3v) is 3.98. The van der Waals surface area contributed by atoms with Gasteiger partial charge < -0.3 is 0 Å². The zero-order chi connectivity index (χ0) is 13.5. The first-order valence-corrected chi connectivity index (χ1v) is 7.94. The Morgan fingerprint density at radius 3 is 1.89 bits per heavy atom. The molecule has 0 heterocycles. The van der Waals surface area contributed by atoms with Crippen molar-refractivity contribution in [1.29, 1.82) is 0 Å². The monoisotopic (exact) mass is 316 g/mol. The fourth-order valence-corrected chi connectivity index (χ4v) is 2.53. The van der Waals surface area contributed by atoms with E-state index in [1.807, 2.05) is 0 Å². The summed E-state index contributed by atoms with van der Waals surface area (Å²) < 4.78 is 1.13. The molecule has 0 bridgehead atoms. The Kier molecular flexibility index (Phi) is 5.65. The normalized spacial score (nSPS) is 10.6. The van der Waals surface area contributed by atoms with Crippen LogP contribution in [0.25, 0.3) is 11.1 Å². The summed E-state index contributed by atoms with van der Waals surface area (Å²) in [6, 6.07) is 17.5. The molecule has 0 aliphatic carbocycles. The quantitative estimate of drug-likeness (QED) is 0.553. The van der Waals surface area contributed by atoms with Crippen molar-refractivity contribution in [2.45, 2.75) is 39.0 Å². The molecule has 0 aromatic heterocycles. The van der Waals surface area contributed by atoms with E-state index >= 15 is 0 Å². The molecule has 2 aromatic carbocycles. The average Bonchev–Trinajstić information content (AvgIpc) is 2.45. The van der Waals surface area contributed by atoms with Crippen molar-refractivity contribution in [3.8, 4) is 11.1 Å². The zero-order valence-electron chi connectivity index (χ0n) is 11.5. The lowest BCUT2D eigenvalue weighted by Crippen LogP contribution is -1.86. The molecular weight excluding hydrogens is 296 g/mol. The van der Waals surface area contributed by atoms with Gasteiger partial charge in [-0.2, -0.15) is 0 Å². The van der Waals surface area contributed by atoms with Crippen LogP contribution in [-0.4, -0.2) is 0 Å². The van der Waals surface area contributed by atoms with Gasteiger partial charge in [-0.05, 0) is 41.7 Å². The maximum atomic E-state index is 3.47. The molecule has 0 unspecified atom stereocenters. The minimum Gasteiger partial charge on any atom is -0.0654 e. The van der Waals surface area contributed by atoms with Crippen LogP contribution in [0.4, 0.5) is 0 Å². The fraction of sp³-hybridized carbons (Fsp3) is 0.333. The van der Waals surface area contributed by atoms with Crippen molar-refractivity contribution in [3.63, 3.8) is 0 Å². The van der Waals surface area contributed by atoms with Gasteiger partial charge in [0, 0.05) is 4.47 Å². The lowest BCUT2D eigenvalue weighted by atomic mass is 10.0. The second kappa shape index (κ2) is 7.49. The number of hydrogen-bond acceptors (Lipinski definition) is 0. The molecule has 0 radical (unpaired) electrons. The van der Waals surface area contributed by atoms with Crippen LogP contribution in [0.15, 0.2) is 53.0 Å². The van der Waals surface area contributed by atoms with Crippen molar-refractivity contribution in [2.24, 2.45) is 0 Å². The van der Waals surface area contributed by atoms with E-state index in [0.29, 0.717) is 0 Å². The molecule has 0 saturated heterocycles. The second-order valence-corrected chi connectivity index (χ2v) is 5.93. The van der Waals surface area contributed by atoms with Gasteiger partial charge in [0.2, 0.25) is 0 Å². The van der Waals surface area contributed by atoms with Crippen LogP contribution in [0.1, 0.15) is 38.2 Å². The predicted octanol–water partition coefficient (Wildman–Crippen LogP) is 6.24. The van der Waals surface area contributed by atoms with Gasteiger partial charge in [-0.1, -0.05) is 78.5 Å². The number of unbranched alkanes of at least 4 members (excludes halogenated alkanes) is 3. The van der Waals surface area contributed by atoms with Crippen LogP contribution < -0.4 is 0 Å². The van der Waals surface area contributed by atoms with E-state index in [-0.39, 0.29) is 0 Å². The van der Waals surface area contributed by atoms with Crippen molar-refractivity contribution >= 4 is 15.9 Å². The molecule has 0 aliphatic rings. The molecule has 0 N–H and O–H groups in total. The van der Waals surface area contributed by atoms with Crippen molar-refractivity contribution in [3.05, 3.63) is 58.6 Å². The summed E-state index contributed by atoms with van der Waals surface area (Å²) in [4.78, 5) is 0. The first-order chi connectivity index (χ1) is 9.29. The highest BCUT2D eigenvalue weighted by molar-refractivity contribution is 9.10. The SMILES string of the molecule is CCCCCCc1ccc(-c2ccc(Br)cc2)cc1. The van der Waals surface area contributed by atoms with Crippen LogP contribution in [0, 0.1) is 0 Å². The molecule has 2 rings (SSSR count). The lowest BCUT2D eigenvalue weighted by Gasteiger charge is -2.05. The second-order valence-electron chi connectivity index (χ2n) is 5.01. The Labute approximate surface area is 125 Å². The Hall–Kier alpha value is -1.08. The molecule has 0 nitrogen and oxygen atoms in total. The van der Waals surface area contributed by atoms with E-state index in [4.69, 9.17) is 0 Å². The molecule has 0 amide bonds. The Bertz CT molecular complexity index is 482. The Morgan fingerprint density at radius 1 is 0.737 bits per heavy atom. The molecule has 2 aromatic rings. The van der Waals surface area contributed by atoms with Gasteiger partial charge in [0.05, 0.1) is 0 Å². The lowest BCUT2D eigenvalue weighted by molar-refractivity contribution is 0.667. The maximum absolute atomic E-state index is 3.47. The highest BCUT2D eigenvalue weighted by Crippen LogP contribution is 2.22. The number of benzene rings is 2. The molecule has 0 aliphatic heterocycles. The third kappa shape index (κ3) is 4.50. The van der Waals surface area contributed by atoms with Gasteiger partial charge in [0.25, 0.3) is 0 Å². The third-order valence-electron chi connectivity index (χ3n) is 3.45. The van der Waals surface area contributed by atoms with E-state index < -0.39 is 0 Å². The highest BCUT2D eigenvalue weighted by atomic mass is 79.9. The average molecular weight is 317 g/mol. The van der Waals surface area contributed by atoms with Crippen molar-refractivity contribution in [2.75, 3.05) is 0 Å². The first kappa shape index (κ1) is 14.3. The van der Waals surface area contributed by atoms with Gasteiger partial charge in [-0.15, -0.1) is 0 Å². The summed E-state index contributed by atoms with van der Waals surface area (Å²) in [5.41, 5.74) is 4.03. The van der Waals surface area contributed by atoms with E-state index in [1.165, 1.54) is 48.8 Å². The van der Waals surface area contributed by atoms with E-state index in [1.54, 1.807) is 0 Å². The van der Waals surface area contributed by atoms with Gasteiger partial charge >= 0.3 is 0 Å². The maximum Gasteiger partial charge on any atom is 0.0175 e. The first-order valence-electron chi connectivity index (χ1n) is 7.14. The molecule has 0 fully saturated rings. The summed E-state index contributed by atoms with van der Waals surface area (Å²) in [7, 11) is 0. The van der Waals surface area contributed by atoms with E-state index in [2.05, 4.69) is 71.4 Å². The molecule has 0 atom stereocenters. The minimum atomic E-state index is 1.13. The minimum absolute atomic E-state index is 1.13. The standard InChI is InChI=1S/C18H21Br/c1-2-3-4-5-6-15-7-9-16(10-8-15)17-11-13-18(19)14-12-17/h7-14H,2-6H2,1H3. The number of hydrogen-bond donors (Lipinski definition) is 0. The van der Waals surface area contributed by atoms with Crippen molar-refractivity contribution < 1.29 is 0 Å². The number of aryl methyl sites for hydroxylation is 1. The Balaban J connectivity index is 1.96. The smallest absolute Gasteiger partial charge is 0.0175 e. The fourth-order valence-electron chi connectivity index (χ4n) is 2.26. The molecule has 0 spiro atoms. The largest absolute Gasteiger partial charge is 0.0654 e. The van der Waals surface area contributed by atoms with Crippen LogP contribution in [-0.2, 0) is 6.42 Å². The molecule has 100 valence electrons. The van der Waals surface area contributed by atoms with Crippen LogP contribution in [0.2, 0.25) is 0 Å². The van der Waals surface area contributed by atoms with Crippen LogP contribution in [0.3, 0.4) is 0 Å². The topological polar surface area (TPSA) is 0 Å². The number of halogens is 1.